The Morgan fingerprint density at radius 2 is 2.11 bits per heavy atom. The predicted molar refractivity (Wildman–Crippen MR) is 33.0 cm³/mol. The molecule has 9 heavy (non-hydrogen) atoms. The van der Waals surface area contributed by atoms with Crippen molar-refractivity contribution >= 4 is 5.97 Å². The number of terminal acetylenes is 1. The molecule has 0 aliphatic rings. The molecule has 0 aromatic carbocycles. The minimum atomic E-state index is -0.993. The number of hydrogen-bond donors (Lipinski definition) is 0. The fourth-order valence-electron chi connectivity index (χ4n) is 0.496. The van der Waals surface area contributed by atoms with Crippen molar-refractivity contribution in [2.45, 2.75) is 25.7 Å². The second-order valence-corrected chi connectivity index (χ2v) is 1.78. The van der Waals surface area contributed by atoms with Gasteiger partial charge in [0.1, 0.15) is 0 Å². The highest BCUT2D eigenvalue weighted by Gasteiger charge is 1.96. The van der Waals surface area contributed by atoms with Gasteiger partial charge in [0.2, 0.25) is 0 Å². The average Bonchev–Trinajstić information content (AvgIpc) is 1.80. The van der Waals surface area contributed by atoms with Crippen LogP contribution in [0.1, 0.15) is 25.7 Å². The molecule has 0 aromatic rings. The zero-order valence-corrected chi connectivity index (χ0v) is 5.22. The lowest BCUT2D eigenvalue weighted by molar-refractivity contribution is -0.143. The van der Waals surface area contributed by atoms with E-state index in [4.69, 9.17) is 6.42 Å². The normalized spacial score (nSPS) is 8.33. The number of rotatable bonds is 4. The summed E-state index contributed by atoms with van der Waals surface area (Å²) >= 11 is 0. The number of carbonyl (C=O) groups is 1. The van der Waals surface area contributed by atoms with Crippen LogP contribution in [0.2, 0.25) is 0 Å². The van der Waals surface area contributed by atoms with E-state index in [-0.39, 0.29) is 6.42 Å². The van der Waals surface area contributed by atoms with Gasteiger partial charge in [0.25, 0.3) is 0 Å². The van der Waals surface area contributed by atoms with E-state index in [9.17, 15) is 9.90 Å². The van der Waals surface area contributed by atoms with Gasteiger partial charge in [-0.3, -0.25) is 0 Å². The summed E-state index contributed by atoms with van der Waals surface area (Å²) in [5, 5.41) is 9.80. The van der Waals surface area contributed by atoms with Crippen LogP contribution in [-0.2, 0) is 9.90 Å². The lowest BCUT2D eigenvalue weighted by Crippen LogP contribution is -1.90. The van der Waals surface area contributed by atoms with Crippen LogP contribution in [0.25, 0.3) is 0 Å². The molecule has 0 atom stereocenters. The molecule has 0 saturated carbocycles. The summed E-state index contributed by atoms with van der Waals surface area (Å²) in [6, 6.07) is 0. The van der Waals surface area contributed by atoms with E-state index >= 15 is 0 Å². The molecule has 49 valence electrons. The highest BCUT2D eigenvalue weighted by molar-refractivity contribution is 5.66. The molecule has 1 radical (unpaired) electrons. The molecular formula is C7H9O2. The van der Waals surface area contributed by atoms with Gasteiger partial charge in [-0.1, -0.05) is 0 Å². The van der Waals surface area contributed by atoms with E-state index in [1.807, 2.05) is 0 Å². The topological polar surface area (TPSA) is 37.0 Å². The first-order valence-electron chi connectivity index (χ1n) is 2.90. The molecule has 0 heterocycles. The maximum absolute atomic E-state index is 9.80. The second kappa shape index (κ2) is 5.17. The van der Waals surface area contributed by atoms with Crippen molar-refractivity contribution in [1.29, 1.82) is 0 Å². The average molecular weight is 125 g/mol. The summed E-state index contributed by atoms with van der Waals surface area (Å²) in [4.78, 5) is 9.80. The zero-order valence-electron chi connectivity index (χ0n) is 5.22. The van der Waals surface area contributed by atoms with Gasteiger partial charge in [0, 0.05) is 6.42 Å². The van der Waals surface area contributed by atoms with Crippen LogP contribution in [-0.4, -0.2) is 5.97 Å². The zero-order chi connectivity index (χ0) is 7.11. The van der Waals surface area contributed by atoms with Gasteiger partial charge in [-0.05, 0) is 12.8 Å². The van der Waals surface area contributed by atoms with Gasteiger partial charge < -0.3 is 0 Å². The smallest absolute Gasteiger partial charge is 0.247 e. The Morgan fingerprint density at radius 3 is 2.56 bits per heavy atom. The van der Waals surface area contributed by atoms with Gasteiger partial charge in [0.15, 0.2) is 0 Å². The van der Waals surface area contributed by atoms with Crippen molar-refractivity contribution in [1.82, 2.24) is 0 Å². The van der Waals surface area contributed by atoms with Crippen LogP contribution in [0.3, 0.4) is 0 Å². The quantitative estimate of drug-likeness (QED) is 0.410. The molecule has 0 fully saturated rings. The van der Waals surface area contributed by atoms with E-state index in [0.717, 1.165) is 6.42 Å². The summed E-state index contributed by atoms with van der Waals surface area (Å²) in [6.45, 7) is 0. The maximum atomic E-state index is 9.80. The van der Waals surface area contributed by atoms with Crippen molar-refractivity contribution in [3.8, 4) is 12.3 Å². The molecule has 0 bridgehead atoms. The van der Waals surface area contributed by atoms with Crippen molar-refractivity contribution < 1.29 is 9.90 Å². The molecule has 0 aliphatic carbocycles. The standard InChI is InChI=1S/C7H9O2/c1-2-3-4-5-6-7(8)9/h1H,3-6H2. The molecule has 0 aromatic heterocycles. The molecular weight excluding hydrogens is 116 g/mol. The molecule has 0 N–H and O–H groups in total. The van der Waals surface area contributed by atoms with E-state index in [1.165, 1.54) is 0 Å². The van der Waals surface area contributed by atoms with Crippen molar-refractivity contribution in [2.24, 2.45) is 0 Å². The van der Waals surface area contributed by atoms with Crippen LogP contribution >= 0.6 is 0 Å². The summed E-state index contributed by atoms with van der Waals surface area (Å²) in [5.41, 5.74) is 0. The Hall–Kier alpha value is -0.970. The highest BCUT2D eigenvalue weighted by Crippen LogP contribution is 1.97. The van der Waals surface area contributed by atoms with E-state index < -0.39 is 5.97 Å². The first-order valence-corrected chi connectivity index (χ1v) is 2.90. The number of hydrogen-bond acceptors (Lipinski definition) is 1. The maximum Gasteiger partial charge on any atom is 0.355 e. The first kappa shape index (κ1) is 8.03. The summed E-state index contributed by atoms with van der Waals surface area (Å²) in [6.07, 6.45) is 7.13. The van der Waals surface area contributed by atoms with Gasteiger partial charge >= 0.3 is 5.97 Å². The predicted octanol–water partition coefficient (Wildman–Crippen LogP) is 1.14. The third kappa shape index (κ3) is 7.03. The number of carbonyl (C=O) groups excluding carboxylic acids is 1. The van der Waals surface area contributed by atoms with Crippen molar-refractivity contribution in [2.75, 3.05) is 0 Å². The van der Waals surface area contributed by atoms with E-state index in [0.29, 0.717) is 12.8 Å². The van der Waals surface area contributed by atoms with Crippen LogP contribution in [0.4, 0.5) is 0 Å². The Balaban J connectivity index is 2.94. The Labute approximate surface area is 54.9 Å². The third-order valence-corrected chi connectivity index (χ3v) is 0.952. The lowest BCUT2D eigenvalue weighted by atomic mass is 10.2. The first-order chi connectivity index (χ1) is 4.27. The molecule has 0 amide bonds. The summed E-state index contributed by atoms with van der Waals surface area (Å²) < 4.78 is 0. The Bertz CT molecular complexity index is 121. The fraction of sp³-hybridized carbons (Fsp3) is 0.571. The minimum Gasteiger partial charge on any atom is -0.247 e. The SMILES string of the molecule is C#CCCCCC([O])=O. The van der Waals surface area contributed by atoms with Gasteiger partial charge in [-0.15, -0.1) is 12.3 Å². The Kier molecular flexibility index (Phi) is 4.61. The van der Waals surface area contributed by atoms with Gasteiger partial charge in [0.05, 0.1) is 6.42 Å². The van der Waals surface area contributed by atoms with Gasteiger partial charge in [-0.2, -0.15) is 0 Å². The Morgan fingerprint density at radius 1 is 1.44 bits per heavy atom. The molecule has 0 unspecified atom stereocenters. The molecule has 0 rings (SSSR count). The lowest BCUT2D eigenvalue weighted by Gasteiger charge is -1.87. The summed E-state index contributed by atoms with van der Waals surface area (Å²) in [5.74, 6) is 1.43. The highest BCUT2D eigenvalue weighted by atomic mass is 16.4. The van der Waals surface area contributed by atoms with Crippen LogP contribution in [0.15, 0.2) is 0 Å². The molecule has 2 nitrogen and oxygen atoms in total. The van der Waals surface area contributed by atoms with Gasteiger partial charge in [-0.25, -0.2) is 9.90 Å². The van der Waals surface area contributed by atoms with E-state index in [2.05, 4.69) is 5.92 Å². The third-order valence-electron chi connectivity index (χ3n) is 0.952. The largest absolute Gasteiger partial charge is 0.355 e. The van der Waals surface area contributed by atoms with Crippen molar-refractivity contribution in [3.05, 3.63) is 0 Å². The number of unbranched alkanes of at least 4 members (excludes halogenated alkanes) is 2. The van der Waals surface area contributed by atoms with Crippen LogP contribution in [0.5, 0.6) is 0 Å². The van der Waals surface area contributed by atoms with Crippen LogP contribution < -0.4 is 0 Å². The van der Waals surface area contributed by atoms with Crippen LogP contribution in [0, 0.1) is 12.3 Å². The van der Waals surface area contributed by atoms with E-state index in [1.54, 1.807) is 0 Å². The molecule has 0 spiro atoms. The second-order valence-electron chi connectivity index (χ2n) is 1.78. The minimum absolute atomic E-state index is 0.127. The molecule has 0 saturated heterocycles. The molecule has 0 aliphatic heterocycles. The monoisotopic (exact) mass is 125 g/mol. The molecule has 2 heteroatoms. The van der Waals surface area contributed by atoms with Crippen molar-refractivity contribution in [3.63, 3.8) is 0 Å². The fourth-order valence-corrected chi connectivity index (χ4v) is 0.496. The summed E-state index contributed by atoms with van der Waals surface area (Å²) in [7, 11) is 0.